The zero-order chi connectivity index (χ0) is 22.3. The van der Waals surface area contributed by atoms with Crippen molar-refractivity contribution in [3.05, 3.63) is 33.8 Å². The van der Waals surface area contributed by atoms with Crippen molar-refractivity contribution >= 4 is 41.0 Å². The number of hydrogen-bond acceptors (Lipinski definition) is 4. The Morgan fingerprint density at radius 2 is 1.53 bits per heavy atom. The van der Waals surface area contributed by atoms with Crippen molar-refractivity contribution < 1.29 is 24.6 Å². The van der Waals surface area contributed by atoms with Crippen LogP contribution in [0.25, 0.3) is 0 Å². The fraction of sp³-hybridized carbons (Fsp3) is 0.571. The van der Waals surface area contributed by atoms with Gasteiger partial charge in [0.2, 0.25) is 5.91 Å². The molecule has 0 atom stereocenters. The van der Waals surface area contributed by atoms with Crippen LogP contribution in [0.1, 0.15) is 38.2 Å². The lowest BCUT2D eigenvalue weighted by Crippen LogP contribution is -2.45. The Bertz CT molecular complexity index is 746. The van der Waals surface area contributed by atoms with Crippen LogP contribution in [-0.2, 0) is 20.9 Å². The third-order valence-electron chi connectivity index (χ3n) is 5.64. The quantitative estimate of drug-likeness (QED) is 0.671. The van der Waals surface area contributed by atoms with E-state index in [2.05, 4.69) is 16.7 Å². The van der Waals surface area contributed by atoms with Gasteiger partial charge in [-0.15, -0.1) is 0 Å². The van der Waals surface area contributed by atoms with Gasteiger partial charge in [-0.3, -0.25) is 9.69 Å². The Labute approximate surface area is 186 Å². The van der Waals surface area contributed by atoms with Crippen molar-refractivity contribution in [2.75, 3.05) is 26.2 Å². The molecule has 2 aliphatic rings. The molecule has 2 saturated heterocycles. The van der Waals surface area contributed by atoms with Gasteiger partial charge in [-0.2, -0.15) is 0 Å². The van der Waals surface area contributed by atoms with Crippen molar-refractivity contribution in [2.24, 2.45) is 11.8 Å². The Balaban J connectivity index is 0.000000469. The lowest BCUT2D eigenvalue weighted by atomic mass is 9.92. The molecule has 2 heterocycles. The number of benzene rings is 1. The van der Waals surface area contributed by atoms with Crippen LogP contribution in [0, 0.1) is 11.8 Å². The normalized spacial score (nSPS) is 18.4. The third-order valence-corrected chi connectivity index (χ3v) is 6.50. The molecular weight excluding hydrogens is 431 g/mol. The maximum atomic E-state index is 12.7. The van der Waals surface area contributed by atoms with Crippen LogP contribution < -0.4 is 0 Å². The highest BCUT2D eigenvalue weighted by atomic mass is 35.5. The summed E-state index contributed by atoms with van der Waals surface area (Å²) < 4.78 is 0. The minimum Gasteiger partial charge on any atom is -0.473 e. The van der Waals surface area contributed by atoms with Crippen LogP contribution >= 0.6 is 23.2 Å². The highest BCUT2D eigenvalue weighted by Gasteiger charge is 2.30. The van der Waals surface area contributed by atoms with E-state index >= 15 is 0 Å². The molecule has 0 radical (unpaired) electrons. The van der Waals surface area contributed by atoms with Crippen molar-refractivity contribution in [1.29, 1.82) is 0 Å². The molecule has 0 unspecified atom stereocenters. The molecule has 0 aliphatic carbocycles. The minimum absolute atomic E-state index is 0.199. The average molecular weight is 459 g/mol. The molecule has 166 valence electrons. The number of hydrogen-bond donors (Lipinski definition) is 2. The molecule has 0 saturated carbocycles. The second-order valence-corrected chi connectivity index (χ2v) is 8.67. The van der Waals surface area contributed by atoms with Crippen LogP contribution in [0.15, 0.2) is 18.2 Å². The van der Waals surface area contributed by atoms with Crippen LogP contribution in [0.4, 0.5) is 0 Å². The molecule has 9 heteroatoms. The summed E-state index contributed by atoms with van der Waals surface area (Å²) in [7, 11) is 0. The van der Waals surface area contributed by atoms with E-state index in [1.54, 1.807) is 0 Å². The summed E-state index contributed by atoms with van der Waals surface area (Å²) in [5.74, 6) is -2.31. The van der Waals surface area contributed by atoms with Crippen molar-refractivity contribution in [3.8, 4) is 0 Å². The Morgan fingerprint density at radius 1 is 0.967 bits per heavy atom. The van der Waals surface area contributed by atoms with Gasteiger partial charge in [-0.1, -0.05) is 42.3 Å². The summed E-state index contributed by atoms with van der Waals surface area (Å²) >= 11 is 12.4. The molecule has 30 heavy (non-hydrogen) atoms. The predicted molar refractivity (Wildman–Crippen MR) is 115 cm³/mol. The predicted octanol–water partition coefficient (Wildman–Crippen LogP) is 3.62. The first kappa shape index (κ1) is 24.4. The second kappa shape index (κ2) is 11.5. The van der Waals surface area contributed by atoms with Gasteiger partial charge in [0.1, 0.15) is 0 Å². The van der Waals surface area contributed by atoms with Crippen LogP contribution in [0.2, 0.25) is 10.0 Å². The Kier molecular flexibility index (Phi) is 9.39. The van der Waals surface area contributed by atoms with E-state index in [1.165, 1.54) is 0 Å². The largest absolute Gasteiger partial charge is 0.473 e. The average Bonchev–Trinajstić information content (AvgIpc) is 2.72. The molecule has 2 fully saturated rings. The minimum atomic E-state index is -1.82. The Morgan fingerprint density at radius 3 is 2.07 bits per heavy atom. The standard InChI is InChI=1S/C19H26Cl2N2O.C2H2O4/c1-14-5-11-23(12-6-14)19(24)15-7-9-22(10-8-15)13-16-3-2-4-17(20)18(16)21;3-1(4)2(5)6/h2-4,14-15H,5-13H2,1H3;(H,3,4)(H,5,6). The highest BCUT2D eigenvalue weighted by Crippen LogP contribution is 2.29. The first-order valence-electron chi connectivity index (χ1n) is 10.1. The van der Waals surface area contributed by atoms with Crippen LogP contribution in [-0.4, -0.2) is 64.0 Å². The smallest absolute Gasteiger partial charge is 0.414 e. The summed E-state index contributed by atoms with van der Waals surface area (Å²) in [6.45, 7) is 6.87. The SMILES string of the molecule is CC1CCN(C(=O)C2CCN(Cc3cccc(Cl)c3Cl)CC2)CC1.O=C(O)C(=O)O. The lowest BCUT2D eigenvalue weighted by molar-refractivity contribution is -0.159. The maximum Gasteiger partial charge on any atom is 0.414 e. The van der Waals surface area contributed by atoms with Gasteiger partial charge in [-0.05, 0) is 56.3 Å². The summed E-state index contributed by atoms with van der Waals surface area (Å²) in [6, 6.07) is 5.79. The number of halogens is 2. The molecule has 2 aliphatic heterocycles. The molecule has 1 aromatic rings. The fourth-order valence-electron chi connectivity index (χ4n) is 3.74. The third kappa shape index (κ3) is 7.15. The molecule has 1 aromatic carbocycles. The van der Waals surface area contributed by atoms with E-state index in [-0.39, 0.29) is 5.92 Å². The van der Waals surface area contributed by atoms with Crippen molar-refractivity contribution in [1.82, 2.24) is 9.80 Å². The lowest BCUT2D eigenvalue weighted by Gasteiger charge is -2.36. The van der Waals surface area contributed by atoms with E-state index in [0.717, 1.165) is 69.9 Å². The van der Waals surface area contributed by atoms with Crippen LogP contribution in [0.5, 0.6) is 0 Å². The molecule has 2 N–H and O–H groups in total. The number of rotatable bonds is 3. The van der Waals surface area contributed by atoms with E-state index in [9.17, 15) is 4.79 Å². The van der Waals surface area contributed by atoms with Crippen molar-refractivity contribution in [2.45, 2.75) is 39.2 Å². The summed E-state index contributed by atoms with van der Waals surface area (Å²) in [5, 5.41) is 16.0. The zero-order valence-electron chi connectivity index (χ0n) is 17.0. The van der Waals surface area contributed by atoms with Crippen molar-refractivity contribution in [3.63, 3.8) is 0 Å². The number of likely N-dealkylation sites (tertiary alicyclic amines) is 2. The summed E-state index contributed by atoms with van der Waals surface area (Å²) in [6.07, 6.45) is 4.20. The number of aliphatic carboxylic acids is 2. The number of carboxylic acid groups (broad SMARTS) is 2. The van der Waals surface area contributed by atoms with E-state index in [0.29, 0.717) is 16.0 Å². The van der Waals surface area contributed by atoms with Gasteiger partial charge < -0.3 is 15.1 Å². The number of amides is 1. The molecule has 3 rings (SSSR count). The monoisotopic (exact) mass is 458 g/mol. The van der Waals surface area contributed by atoms with Gasteiger partial charge in [-0.25, -0.2) is 9.59 Å². The zero-order valence-corrected chi connectivity index (χ0v) is 18.5. The van der Waals surface area contributed by atoms with Gasteiger partial charge in [0.15, 0.2) is 0 Å². The summed E-state index contributed by atoms with van der Waals surface area (Å²) in [5.41, 5.74) is 1.07. The number of carbonyl (C=O) groups excluding carboxylic acids is 1. The number of carboxylic acids is 2. The number of piperidine rings is 2. The molecular formula is C21H28Cl2N2O5. The first-order chi connectivity index (χ1) is 14.2. The van der Waals surface area contributed by atoms with Gasteiger partial charge in [0, 0.05) is 25.6 Å². The number of carbonyl (C=O) groups is 3. The van der Waals surface area contributed by atoms with Gasteiger partial charge in [0.05, 0.1) is 10.0 Å². The summed E-state index contributed by atoms with van der Waals surface area (Å²) in [4.78, 5) is 35.4. The fourth-order valence-corrected chi connectivity index (χ4v) is 4.12. The Hall–Kier alpha value is -1.83. The van der Waals surface area contributed by atoms with Crippen LogP contribution in [0.3, 0.4) is 0 Å². The van der Waals surface area contributed by atoms with E-state index < -0.39 is 11.9 Å². The molecule has 1 amide bonds. The topological polar surface area (TPSA) is 98.2 Å². The van der Waals surface area contributed by atoms with Gasteiger partial charge >= 0.3 is 11.9 Å². The highest BCUT2D eigenvalue weighted by molar-refractivity contribution is 6.42. The second-order valence-electron chi connectivity index (χ2n) is 7.88. The molecule has 7 nitrogen and oxygen atoms in total. The molecule has 0 spiro atoms. The van der Waals surface area contributed by atoms with E-state index in [1.807, 2.05) is 18.2 Å². The number of nitrogens with zero attached hydrogens (tertiary/aromatic N) is 2. The van der Waals surface area contributed by atoms with Gasteiger partial charge in [0.25, 0.3) is 0 Å². The first-order valence-corrected chi connectivity index (χ1v) is 10.8. The molecule has 0 bridgehead atoms. The van der Waals surface area contributed by atoms with E-state index in [4.69, 9.17) is 43.0 Å². The maximum absolute atomic E-state index is 12.7. The molecule has 0 aromatic heterocycles.